The number of pyridine rings is 3. The van der Waals surface area contributed by atoms with E-state index in [9.17, 15) is 44.2 Å². The molecule has 0 atom stereocenters. The number of nitro groups is 2. The molecule has 1 aliphatic carbocycles. The summed E-state index contributed by atoms with van der Waals surface area (Å²) >= 11 is 0. The van der Waals surface area contributed by atoms with E-state index in [0.29, 0.717) is 57.1 Å². The highest BCUT2D eigenvalue weighted by Crippen LogP contribution is 2.28. The van der Waals surface area contributed by atoms with Crippen LogP contribution < -0.4 is 27.7 Å². The number of amides is 1. The lowest BCUT2D eigenvalue weighted by atomic mass is 9.96. The first kappa shape index (κ1) is 46.6. The Bertz CT molecular complexity index is 3100. The molecule has 1 aliphatic heterocycles. The highest BCUT2D eigenvalue weighted by Gasteiger charge is 2.26. The van der Waals surface area contributed by atoms with Gasteiger partial charge in [0.1, 0.15) is 0 Å². The van der Waals surface area contributed by atoms with Crippen molar-refractivity contribution in [1.29, 1.82) is 0 Å². The minimum Gasteiger partial charge on any atom is -0.462 e. The maximum absolute atomic E-state index is 12.4. The second kappa shape index (κ2) is 20.9. The Morgan fingerprint density at radius 1 is 0.646 bits per heavy atom. The van der Waals surface area contributed by atoms with Gasteiger partial charge >= 0.3 is 5.97 Å². The van der Waals surface area contributed by atoms with E-state index in [-0.39, 0.29) is 40.6 Å². The van der Waals surface area contributed by atoms with Crippen molar-refractivity contribution < 1.29 is 24.2 Å². The molecule has 1 amide bonds. The summed E-state index contributed by atoms with van der Waals surface area (Å²) in [6.45, 7) is 0.219. The molecule has 0 saturated heterocycles. The SMILES string of the molecule is Cn1ccc2c(N)cccc2c1=O.Cn1ccc2c(NC(=O)CC3CCCCCC3)cccc2c1=O.Cn1ccc2c([N+](=O)[O-])cccc2c1=O.O=C1OCCc2c1cccc2[N+](=O)[O-]. The summed E-state index contributed by atoms with van der Waals surface area (Å²) in [6, 6.07) is 25.1. The minimum absolute atomic E-state index is 0.000787. The van der Waals surface area contributed by atoms with Gasteiger partial charge < -0.3 is 29.5 Å². The maximum atomic E-state index is 12.4. The molecule has 2 aliphatic rings. The summed E-state index contributed by atoms with van der Waals surface area (Å²) in [7, 11) is 5.07. The zero-order valence-electron chi connectivity index (χ0n) is 36.2. The molecule has 1 saturated carbocycles. The van der Waals surface area contributed by atoms with E-state index in [2.05, 4.69) is 5.32 Å². The van der Waals surface area contributed by atoms with Crippen LogP contribution in [-0.4, -0.2) is 42.0 Å². The number of ether oxygens (including phenoxy) is 1. The number of cyclic esters (lactones) is 1. The number of nitrogens with one attached hydrogen (secondary N) is 1. The summed E-state index contributed by atoms with van der Waals surface area (Å²) in [6.07, 6.45) is 13.4. The smallest absolute Gasteiger partial charge is 0.338 e. The van der Waals surface area contributed by atoms with Crippen LogP contribution in [-0.2, 0) is 37.1 Å². The zero-order chi connectivity index (χ0) is 46.8. The molecule has 0 spiro atoms. The number of esters is 1. The largest absolute Gasteiger partial charge is 0.462 e. The molecule has 17 nitrogen and oxygen atoms in total. The molecule has 0 bridgehead atoms. The van der Waals surface area contributed by atoms with Crippen molar-refractivity contribution in [2.75, 3.05) is 17.7 Å². The van der Waals surface area contributed by atoms with Crippen molar-refractivity contribution >= 4 is 66.9 Å². The molecule has 3 N–H and O–H groups in total. The summed E-state index contributed by atoms with van der Waals surface area (Å²) in [5.41, 5.74) is 7.59. The Morgan fingerprint density at radius 2 is 1.14 bits per heavy atom. The molecule has 4 heterocycles. The average Bonchev–Trinajstić information content (AvgIpc) is 3.57. The van der Waals surface area contributed by atoms with Gasteiger partial charge in [0, 0.05) is 103 Å². The van der Waals surface area contributed by atoms with Gasteiger partial charge in [-0.3, -0.25) is 39.4 Å². The number of non-ortho nitro benzene ring substituents is 1. The van der Waals surface area contributed by atoms with Crippen LogP contribution >= 0.6 is 0 Å². The normalized spacial score (nSPS) is 13.4. The van der Waals surface area contributed by atoms with Gasteiger partial charge in [-0.2, -0.15) is 0 Å². The molecule has 3 aromatic heterocycles. The number of hydrogen-bond donors (Lipinski definition) is 2. The number of carbonyl (C=O) groups is 2. The number of nitrogens with zero attached hydrogens (tertiary/aromatic N) is 5. The molecule has 9 rings (SSSR count). The molecule has 0 radical (unpaired) electrons. The Kier molecular flexibility index (Phi) is 15.0. The van der Waals surface area contributed by atoms with Crippen molar-refractivity contribution in [1.82, 2.24) is 13.7 Å². The third-order valence-electron chi connectivity index (χ3n) is 11.4. The second-order valence-corrected chi connectivity index (χ2v) is 15.8. The molecule has 1 fully saturated rings. The van der Waals surface area contributed by atoms with Crippen LogP contribution in [0.15, 0.2) is 124 Å². The van der Waals surface area contributed by atoms with E-state index >= 15 is 0 Å². The van der Waals surface area contributed by atoms with E-state index in [1.165, 1.54) is 60.7 Å². The Hall–Kier alpha value is -7.95. The van der Waals surface area contributed by atoms with Crippen LogP contribution in [0.5, 0.6) is 0 Å². The van der Waals surface area contributed by atoms with Gasteiger partial charge in [0.25, 0.3) is 28.1 Å². The third kappa shape index (κ3) is 11.0. The fourth-order valence-corrected chi connectivity index (χ4v) is 7.96. The van der Waals surface area contributed by atoms with Gasteiger partial charge in [0.2, 0.25) is 5.91 Å². The number of nitrogens with two attached hydrogens (primary N) is 1. The molecular weight excluding hydrogens is 835 g/mol. The van der Waals surface area contributed by atoms with Crippen LogP contribution in [0.25, 0.3) is 32.3 Å². The number of benzene rings is 4. The number of hydrogen-bond acceptors (Lipinski definition) is 11. The van der Waals surface area contributed by atoms with E-state index < -0.39 is 15.8 Å². The summed E-state index contributed by atoms with van der Waals surface area (Å²) < 4.78 is 9.27. The monoisotopic (exact) mass is 883 g/mol. The molecular formula is C48H49N7O10. The van der Waals surface area contributed by atoms with Gasteiger partial charge in [0.05, 0.1) is 32.8 Å². The predicted octanol–water partition coefficient (Wildman–Crippen LogP) is 7.71. The van der Waals surface area contributed by atoms with Crippen molar-refractivity contribution in [3.8, 4) is 0 Å². The second-order valence-electron chi connectivity index (χ2n) is 15.8. The number of nitro benzene ring substituents is 2. The summed E-state index contributed by atoms with van der Waals surface area (Å²) in [4.78, 5) is 79.4. The van der Waals surface area contributed by atoms with Crippen LogP contribution in [0, 0.1) is 26.1 Å². The molecule has 65 heavy (non-hydrogen) atoms. The topological polar surface area (TPSA) is 234 Å². The highest BCUT2D eigenvalue weighted by atomic mass is 16.6. The number of nitrogen functional groups attached to an aromatic ring is 1. The molecule has 0 unspecified atom stereocenters. The fraction of sp³-hybridized carbons (Fsp3) is 0.271. The first-order chi connectivity index (χ1) is 31.2. The number of rotatable bonds is 5. The molecule has 4 aromatic carbocycles. The van der Waals surface area contributed by atoms with Crippen molar-refractivity contribution in [2.45, 2.75) is 51.4 Å². The highest BCUT2D eigenvalue weighted by molar-refractivity contribution is 6.02. The maximum Gasteiger partial charge on any atom is 0.338 e. The average molecular weight is 884 g/mol. The van der Waals surface area contributed by atoms with Gasteiger partial charge in [0.15, 0.2) is 0 Å². The lowest BCUT2D eigenvalue weighted by Gasteiger charge is -2.14. The zero-order valence-corrected chi connectivity index (χ0v) is 36.2. The summed E-state index contributed by atoms with van der Waals surface area (Å²) in [5.74, 6) is 0.0837. The molecule has 336 valence electrons. The third-order valence-corrected chi connectivity index (χ3v) is 11.4. The van der Waals surface area contributed by atoms with Crippen molar-refractivity contribution in [3.05, 3.63) is 172 Å². The first-order valence-electron chi connectivity index (χ1n) is 21.0. The first-order valence-corrected chi connectivity index (χ1v) is 21.0. The predicted molar refractivity (Wildman–Crippen MR) is 250 cm³/mol. The number of aromatic nitrogens is 3. The van der Waals surface area contributed by atoms with E-state index in [1.807, 2.05) is 24.3 Å². The van der Waals surface area contributed by atoms with Crippen LogP contribution in [0.3, 0.4) is 0 Å². The molecule has 17 heteroatoms. The molecule has 7 aromatic rings. The Balaban J connectivity index is 0.000000148. The number of anilines is 2. The minimum atomic E-state index is -0.484. The Labute approximate surface area is 372 Å². The van der Waals surface area contributed by atoms with Gasteiger partial charge in [-0.05, 0) is 73.4 Å². The van der Waals surface area contributed by atoms with Gasteiger partial charge in [-0.1, -0.05) is 49.9 Å². The van der Waals surface area contributed by atoms with Crippen LogP contribution in [0.4, 0.5) is 22.7 Å². The van der Waals surface area contributed by atoms with E-state index in [0.717, 1.165) is 29.3 Å². The van der Waals surface area contributed by atoms with E-state index in [1.54, 1.807) is 85.1 Å². The number of fused-ring (bicyclic) bond motifs is 4. The van der Waals surface area contributed by atoms with Gasteiger partial charge in [-0.15, -0.1) is 0 Å². The Morgan fingerprint density at radius 3 is 1.74 bits per heavy atom. The van der Waals surface area contributed by atoms with Crippen LogP contribution in [0.1, 0.15) is 60.9 Å². The van der Waals surface area contributed by atoms with Crippen molar-refractivity contribution in [3.63, 3.8) is 0 Å². The summed E-state index contributed by atoms with van der Waals surface area (Å²) in [5, 5.41) is 28.0. The van der Waals surface area contributed by atoms with Crippen LogP contribution in [0.2, 0.25) is 0 Å². The number of aryl methyl sites for hydroxylation is 3. The quantitative estimate of drug-likeness (QED) is 0.0558. The van der Waals surface area contributed by atoms with Crippen molar-refractivity contribution in [2.24, 2.45) is 27.1 Å². The standard InChI is InChI=1S/C19H24N2O2.C10H8N2O3.C10H10N2O.C9H7NO4/c1-21-12-11-15-16(19(21)23)9-6-10-17(15)20-18(22)13-14-7-4-2-3-5-8-14;1-11-6-5-7-8(10(11)13)3-2-4-9(7)12(14)15;1-12-6-5-7-8(10(12)13)3-2-4-9(7)11;11-9-7-2-1-3-8(10(12)13)6(7)4-5-14-9/h6,9-12,14H,2-5,7-8,13H2,1H3,(H,20,22);2-6H,1H3;2-6H,11H2,1H3;1-3H,4-5H2. The fourth-order valence-electron chi connectivity index (χ4n) is 7.96. The lowest BCUT2D eigenvalue weighted by Crippen LogP contribution is -2.18. The number of carbonyl (C=O) groups excluding carboxylic acids is 2. The van der Waals surface area contributed by atoms with Gasteiger partial charge in [-0.25, -0.2) is 4.79 Å². The van der Waals surface area contributed by atoms with E-state index in [4.69, 9.17) is 10.5 Å². The lowest BCUT2D eigenvalue weighted by molar-refractivity contribution is -0.385.